The number of pyridine rings is 1. The number of amides is 1. The third-order valence-corrected chi connectivity index (χ3v) is 3.69. The molecule has 0 bridgehead atoms. The smallest absolute Gasteiger partial charge is 0.274 e. The van der Waals surface area contributed by atoms with Crippen LogP contribution in [0.25, 0.3) is 0 Å². The van der Waals surface area contributed by atoms with Crippen molar-refractivity contribution in [2.24, 2.45) is 0 Å². The maximum atomic E-state index is 12.5. The average molecular weight is 313 g/mol. The fourth-order valence-electron chi connectivity index (χ4n) is 2.48. The molecule has 2 heterocycles. The molecular weight excluding hydrogens is 294 g/mol. The zero-order chi connectivity index (χ0) is 16.1. The lowest BCUT2D eigenvalue weighted by Gasteiger charge is -2.22. The third-order valence-electron chi connectivity index (χ3n) is 3.69. The first-order chi connectivity index (χ1) is 11.2. The molecule has 23 heavy (non-hydrogen) atoms. The standard InChI is InChI=1S/C17H19N3O3/c21-16(15-11-18-8-10-23-15)19-14-7-4-9-20(17(14)22)12-13-5-2-1-3-6-13/h1-7,9,15,18H,8,10-12H2,(H,19,21). The normalized spacial score (nSPS) is 17.7. The van der Waals surface area contributed by atoms with E-state index in [1.165, 1.54) is 0 Å². The van der Waals surface area contributed by atoms with E-state index in [-0.39, 0.29) is 17.2 Å². The second-order valence-corrected chi connectivity index (χ2v) is 5.39. The molecule has 2 N–H and O–H groups in total. The molecule has 0 spiro atoms. The van der Waals surface area contributed by atoms with Crippen LogP contribution in [-0.4, -0.2) is 36.3 Å². The molecular formula is C17H19N3O3. The van der Waals surface area contributed by atoms with Gasteiger partial charge in [0.25, 0.3) is 11.5 Å². The molecule has 1 aliphatic heterocycles. The molecule has 1 atom stereocenters. The van der Waals surface area contributed by atoms with Crippen molar-refractivity contribution < 1.29 is 9.53 Å². The van der Waals surface area contributed by atoms with Gasteiger partial charge in [-0.15, -0.1) is 0 Å². The van der Waals surface area contributed by atoms with Crippen LogP contribution in [0.5, 0.6) is 0 Å². The maximum absolute atomic E-state index is 12.5. The molecule has 120 valence electrons. The van der Waals surface area contributed by atoms with Gasteiger partial charge in [-0.05, 0) is 17.7 Å². The van der Waals surface area contributed by atoms with Gasteiger partial charge in [0.1, 0.15) is 11.8 Å². The summed E-state index contributed by atoms with van der Waals surface area (Å²) in [5.41, 5.74) is 1.06. The number of ether oxygens (including phenoxy) is 1. The molecule has 1 aliphatic rings. The van der Waals surface area contributed by atoms with E-state index >= 15 is 0 Å². The molecule has 1 aromatic heterocycles. The van der Waals surface area contributed by atoms with Gasteiger partial charge in [-0.3, -0.25) is 9.59 Å². The van der Waals surface area contributed by atoms with Crippen LogP contribution in [-0.2, 0) is 16.1 Å². The number of benzene rings is 1. The van der Waals surface area contributed by atoms with Crippen molar-refractivity contribution in [3.8, 4) is 0 Å². The Morgan fingerprint density at radius 3 is 2.83 bits per heavy atom. The minimum atomic E-state index is -0.564. The van der Waals surface area contributed by atoms with Gasteiger partial charge in [-0.1, -0.05) is 30.3 Å². The van der Waals surface area contributed by atoms with Gasteiger partial charge in [0.15, 0.2) is 0 Å². The summed E-state index contributed by atoms with van der Waals surface area (Å²) in [7, 11) is 0. The van der Waals surface area contributed by atoms with Crippen LogP contribution < -0.4 is 16.2 Å². The van der Waals surface area contributed by atoms with E-state index in [9.17, 15) is 9.59 Å². The van der Waals surface area contributed by atoms with E-state index in [0.29, 0.717) is 19.7 Å². The predicted molar refractivity (Wildman–Crippen MR) is 87.5 cm³/mol. The van der Waals surface area contributed by atoms with Gasteiger partial charge in [0.2, 0.25) is 0 Å². The molecule has 0 aliphatic carbocycles. The summed E-state index contributed by atoms with van der Waals surface area (Å²) in [6.45, 7) is 2.14. The van der Waals surface area contributed by atoms with Crippen molar-refractivity contribution in [1.29, 1.82) is 0 Å². The van der Waals surface area contributed by atoms with E-state index in [0.717, 1.165) is 12.1 Å². The Morgan fingerprint density at radius 2 is 2.09 bits per heavy atom. The Balaban J connectivity index is 1.74. The van der Waals surface area contributed by atoms with Crippen LogP contribution in [0.4, 0.5) is 5.69 Å². The predicted octanol–water partition coefficient (Wildman–Crippen LogP) is 0.823. The third kappa shape index (κ3) is 3.85. The van der Waals surface area contributed by atoms with Gasteiger partial charge in [-0.2, -0.15) is 0 Å². The highest BCUT2D eigenvalue weighted by Gasteiger charge is 2.22. The highest BCUT2D eigenvalue weighted by Crippen LogP contribution is 2.05. The van der Waals surface area contributed by atoms with E-state index < -0.39 is 6.10 Å². The monoisotopic (exact) mass is 313 g/mol. The lowest BCUT2D eigenvalue weighted by molar-refractivity contribution is -0.128. The van der Waals surface area contributed by atoms with Crippen molar-refractivity contribution in [2.75, 3.05) is 25.0 Å². The van der Waals surface area contributed by atoms with Crippen LogP contribution in [0.1, 0.15) is 5.56 Å². The Kier molecular flexibility index (Phi) is 4.85. The number of aromatic nitrogens is 1. The van der Waals surface area contributed by atoms with Crippen molar-refractivity contribution in [3.63, 3.8) is 0 Å². The lowest BCUT2D eigenvalue weighted by Crippen LogP contribution is -2.46. The summed E-state index contributed by atoms with van der Waals surface area (Å²) < 4.78 is 6.97. The largest absolute Gasteiger partial charge is 0.366 e. The molecule has 1 fully saturated rings. The molecule has 1 unspecified atom stereocenters. The number of hydrogen-bond donors (Lipinski definition) is 2. The highest BCUT2D eigenvalue weighted by molar-refractivity contribution is 5.94. The number of anilines is 1. The van der Waals surface area contributed by atoms with Gasteiger partial charge in [0.05, 0.1) is 13.2 Å². The van der Waals surface area contributed by atoms with Crippen molar-refractivity contribution in [1.82, 2.24) is 9.88 Å². The number of rotatable bonds is 4. The Hall–Kier alpha value is -2.44. The summed E-state index contributed by atoms with van der Waals surface area (Å²) in [5.74, 6) is -0.299. The molecule has 0 radical (unpaired) electrons. The fourth-order valence-corrected chi connectivity index (χ4v) is 2.48. The summed E-state index contributed by atoms with van der Waals surface area (Å²) >= 11 is 0. The fraction of sp³-hybridized carbons (Fsp3) is 0.294. The number of morpholine rings is 1. The zero-order valence-electron chi connectivity index (χ0n) is 12.7. The van der Waals surface area contributed by atoms with Gasteiger partial charge < -0.3 is 19.9 Å². The number of nitrogens with zero attached hydrogens (tertiary/aromatic N) is 1. The Morgan fingerprint density at radius 1 is 1.26 bits per heavy atom. The number of carbonyl (C=O) groups is 1. The van der Waals surface area contributed by atoms with E-state index in [4.69, 9.17) is 4.74 Å². The van der Waals surface area contributed by atoms with E-state index in [2.05, 4.69) is 10.6 Å². The lowest BCUT2D eigenvalue weighted by atomic mass is 10.2. The summed E-state index contributed by atoms with van der Waals surface area (Å²) in [6.07, 6.45) is 1.15. The molecule has 1 amide bonds. The maximum Gasteiger partial charge on any atom is 0.274 e. The molecule has 3 rings (SSSR count). The average Bonchev–Trinajstić information content (AvgIpc) is 2.60. The Labute approximate surface area is 134 Å². The van der Waals surface area contributed by atoms with Crippen molar-refractivity contribution in [2.45, 2.75) is 12.6 Å². The summed E-state index contributed by atoms with van der Waals surface area (Å²) in [5, 5.41) is 5.76. The van der Waals surface area contributed by atoms with Gasteiger partial charge in [0, 0.05) is 19.3 Å². The van der Waals surface area contributed by atoms with Crippen LogP contribution in [0, 0.1) is 0 Å². The van der Waals surface area contributed by atoms with Gasteiger partial charge >= 0.3 is 0 Å². The molecule has 2 aromatic rings. The second-order valence-electron chi connectivity index (χ2n) is 5.39. The first-order valence-electron chi connectivity index (χ1n) is 7.60. The Bertz CT molecular complexity index is 721. The van der Waals surface area contributed by atoms with Crippen LogP contribution in [0.2, 0.25) is 0 Å². The minimum Gasteiger partial charge on any atom is -0.366 e. The number of carbonyl (C=O) groups excluding carboxylic acids is 1. The minimum absolute atomic E-state index is 0.228. The van der Waals surface area contributed by atoms with Gasteiger partial charge in [-0.25, -0.2) is 0 Å². The number of hydrogen-bond acceptors (Lipinski definition) is 4. The number of nitrogens with one attached hydrogen (secondary N) is 2. The SMILES string of the molecule is O=C(Nc1cccn(Cc2ccccc2)c1=O)C1CNCCO1. The molecule has 6 heteroatoms. The van der Waals surface area contributed by atoms with Crippen LogP contribution in [0.15, 0.2) is 53.5 Å². The van der Waals surface area contributed by atoms with E-state index in [1.807, 2.05) is 30.3 Å². The topological polar surface area (TPSA) is 72.4 Å². The summed E-state index contributed by atoms with van der Waals surface area (Å²) in [6, 6.07) is 13.1. The second kappa shape index (κ2) is 7.21. The highest BCUT2D eigenvalue weighted by atomic mass is 16.5. The molecule has 0 saturated carbocycles. The quantitative estimate of drug-likeness (QED) is 0.877. The van der Waals surface area contributed by atoms with E-state index in [1.54, 1.807) is 22.9 Å². The first kappa shape index (κ1) is 15.5. The first-order valence-corrected chi connectivity index (χ1v) is 7.60. The molecule has 6 nitrogen and oxygen atoms in total. The summed E-state index contributed by atoms with van der Waals surface area (Å²) in [4.78, 5) is 24.6. The van der Waals surface area contributed by atoms with Crippen molar-refractivity contribution >= 4 is 11.6 Å². The molecule has 1 saturated heterocycles. The molecule has 1 aromatic carbocycles. The van der Waals surface area contributed by atoms with Crippen molar-refractivity contribution in [3.05, 3.63) is 64.6 Å². The van der Waals surface area contributed by atoms with Crippen LogP contribution in [0.3, 0.4) is 0 Å². The zero-order valence-corrected chi connectivity index (χ0v) is 12.7. The van der Waals surface area contributed by atoms with Crippen LogP contribution >= 0.6 is 0 Å².